The van der Waals surface area contributed by atoms with E-state index < -0.39 is 18.5 Å². The summed E-state index contributed by atoms with van der Waals surface area (Å²) >= 11 is 1.28. The fourth-order valence-corrected chi connectivity index (χ4v) is 3.40. The number of carbonyl (C=O) groups is 4. The van der Waals surface area contributed by atoms with Crippen LogP contribution in [0.5, 0.6) is 0 Å². The summed E-state index contributed by atoms with van der Waals surface area (Å²) in [5.74, 6) is -1.74. The van der Waals surface area contributed by atoms with Gasteiger partial charge < -0.3 is 10.1 Å². The van der Waals surface area contributed by atoms with E-state index in [0.717, 1.165) is 9.78 Å². The molecule has 1 saturated heterocycles. The highest BCUT2D eigenvalue weighted by molar-refractivity contribution is 7.16. The molecular weight excluding hydrogens is 320 g/mol. The van der Waals surface area contributed by atoms with Crippen molar-refractivity contribution in [2.75, 3.05) is 18.5 Å². The number of aryl methyl sites for hydroxylation is 1. The summed E-state index contributed by atoms with van der Waals surface area (Å²) in [6.07, 6.45) is 0.975. The highest BCUT2D eigenvalue weighted by Gasteiger charge is 2.28. The molecule has 23 heavy (non-hydrogen) atoms. The van der Waals surface area contributed by atoms with E-state index in [1.807, 2.05) is 6.92 Å². The second kappa shape index (κ2) is 6.91. The van der Waals surface area contributed by atoms with Crippen molar-refractivity contribution >= 4 is 40.0 Å². The molecule has 0 atom stereocenters. The molecule has 0 radical (unpaired) electrons. The molecule has 0 aliphatic carbocycles. The van der Waals surface area contributed by atoms with Gasteiger partial charge in [0.05, 0.1) is 5.56 Å². The smallest absolute Gasteiger partial charge is 0.341 e. The van der Waals surface area contributed by atoms with Gasteiger partial charge in [0.25, 0.3) is 5.91 Å². The lowest BCUT2D eigenvalue weighted by Gasteiger charge is -2.13. The minimum atomic E-state index is -0.685. The minimum absolute atomic E-state index is 0.243. The fourth-order valence-electron chi connectivity index (χ4n) is 2.31. The summed E-state index contributed by atoms with van der Waals surface area (Å²) in [5.41, 5.74) is 0.955. The van der Waals surface area contributed by atoms with Gasteiger partial charge in [-0.25, -0.2) is 4.79 Å². The standard InChI is InChI=1S/C15H18N2O5S/c1-8-9(2)23-14(16-10(3)18)13(8)15(21)22-7-12(20)17-6-4-5-11(17)19/h4-7H2,1-3H3,(H,16,18). The molecule has 0 aromatic carbocycles. The number of anilines is 1. The number of hydrogen-bond acceptors (Lipinski definition) is 6. The Morgan fingerprint density at radius 3 is 2.57 bits per heavy atom. The van der Waals surface area contributed by atoms with Crippen LogP contribution in [0.15, 0.2) is 0 Å². The van der Waals surface area contributed by atoms with Gasteiger partial charge in [0.1, 0.15) is 5.00 Å². The van der Waals surface area contributed by atoms with Crippen molar-refractivity contribution < 1.29 is 23.9 Å². The van der Waals surface area contributed by atoms with Crippen LogP contribution in [0.2, 0.25) is 0 Å². The number of amides is 3. The normalized spacial score (nSPS) is 14.0. The van der Waals surface area contributed by atoms with E-state index in [-0.39, 0.29) is 17.4 Å². The molecule has 0 spiro atoms. The van der Waals surface area contributed by atoms with Gasteiger partial charge in [-0.15, -0.1) is 11.3 Å². The molecule has 2 rings (SSSR count). The Kier molecular flexibility index (Phi) is 5.15. The highest BCUT2D eigenvalue weighted by atomic mass is 32.1. The molecule has 3 amide bonds. The second-order valence-corrected chi connectivity index (χ2v) is 6.51. The average molecular weight is 338 g/mol. The van der Waals surface area contributed by atoms with Crippen LogP contribution in [0.1, 0.15) is 40.6 Å². The van der Waals surface area contributed by atoms with Crippen LogP contribution in [0.4, 0.5) is 5.00 Å². The summed E-state index contributed by atoms with van der Waals surface area (Å²) in [5, 5.41) is 3.00. The zero-order chi connectivity index (χ0) is 17.1. The molecule has 124 valence electrons. The number of thiophene rings is 1. The van der Waals surface area contributed by atoms with Crippen molar-refractivity contribution in [2.24, 2.45) is 0 Å². The van der Waals surface area contributed by atoms with E-state index in [1.165, 1.54) is 18.3 Å². The van der Waals surface area contributed by atoms with Gasteiger partial charge in [0.15, 0.2) is 6.61 Å². The lowest BCUT2D eigenvalue weighted by atomic mass is 10.1. The lowest BCUT2D eigenvalue weighted by Crippen LogP contribution is -2.35. The van der Waals surface area contributed by atoms with Crippen molar-refractivity contribution in [3.05, 3.63) is 16.0 Å². The molecular formula is C15H18N2O5S. The molecule has 0 unspecified atom stereocenters. The number of imide groups is 1. The predicted octanol–water partition coefficient (Wildman–Crippen LogP) is 1.63. The molecule has 0 saturated carbocycles. The molecule has 2 heterocycles. The largest absolute Gasteiger partial charge is 0.452 e. The number of nitrogens with one attached hydrogen (secondary N) is 1. The summed E-state index contributed by atoms with van der Waals surface area (Å²) in [4.78, 5) is 48.9. The van der Waals surface area contributed by atoms with Crippen molar-refractivity contribution in [1.82, 2.24) is 4.90 Å². The molecule has 1 fully saturated rings. The SMILES string of the molecule is CC(=O)Nc1sc(C)c(C)c1C(=O)OCC(=O)N1CCCC1=O. The first-order valence-electron chi connectivity index (χ1n) is 7.19. The molecule has 1 aliphatic heterocycles. The first-order chi connectivity index (χ1) is 10.8. The maximum absolute atomic E-state index is 12.3. The van der Waals surface area contributed by atoms with Crippen LogP contribution >= 0.6 is 11.3 Å². The third-order valence-electron chi connectivity index (χ3n) is 3.58. The Labute approximate surface area is 137 Å². The topological polar surface area (TPSA) is 92.8 Å². The fraction of sp³-hybridized carbons (Fsp3) is 0.467. The number of esters is 1. The van der Waals surface area contributed by atoms with Crippen LogP contribution in [0.25, 0.3) is 0 Å². The van der Waals surface area contributed by atoms with Crippen molar-refractivity contribution in [3.63, 3.8) is 0 Å². The predicted molar refractivity (Wildman–Crippen MR) is 84.3 cm³/mol. The quantitative estimate of drug-likeness (QED) is 0.842. The van der Waals surface area contributed by atoms with Gasteiger partial charge in [-0.1, -0.05) is 0 Å². The number of hydrogen-bond donors (Lipinski definition) is 1. The van der Waals surface area contributed by atoms with Crippen LogP contribution in [-0.4, -0.2) is 41.7 Å². The van der Waals surface area contributed by atoms with Gasteiger partial charge in [-0.3, -0.25) is 19.3 Å². The number of carbonyl (C=O) groups excluding carboxylic acids is 4. The Balaban J connectivity index is 2.07. The van der Waals surface area contributed by atoms with E-state index in [1.54, 1.807) is 6.92 Å². The van der Waals surface area contributed by atoms with E-state index >= 15 is 0 Å². The Morgan fingerprint density at radius 2 is 2.00 bits per heavy atom. The minimum Gasteiger partial charge on any atom is -0.452 e. The molecule has 1 aliphatic rings. The third-order valence-corrected chi connectivity index (χ3v) is 4.70. The Bertz CT molecular complexity index is 680. The zero-order valence-electron chi connectivity index (χ0n) is 13.2. The number of rotatable bonds is 4. The molecule has 1 aromatic heterocycles. The summed E-state index contributed by atoms with van der Waals surface area (Å²) in [7, 11) is 0. The maximum Gasteiger partial charge on any atom is 0.341 e. The van der Waals surface area contributed by atoms with Gasteiger partial charge in [-0.2, -0.15) is 0 Å². The van der Waals surface area contributed by atoms with Gasteiger partial charge in [0.2, 0.25) is 11.8 Å². The highest BCUT2D eigenvalue weighted by Crippen LogP contribution is 2.33. The summed E-state index contributed by atoms with van der Waals surface area (Å²) in [6.45, 7) is 4.80. The van der Waals surface area contributed by atoms with Crippen LogP contribution < -0.4 is 5.32 Å². The second-order valence-electron chi connectivity index (χ2n) is 5.29. The molecule has 1 N–H and O–H groups in total. The van der Waals surface area contributed by atoms with Crippen molar-refractivity contribution in [3.8, 4) is 0 Å². The van der Waals surface area contributed by atoms with Gasteiger partial charge >= 0.3 is 5.97 Å². The Hall–Kier alpha value is -2.22. The molecule has 1 aromatic rings. The maximum atomic E-state index is 12.3. The van der Waals surface area contributed by atoms with Crippen molar-refractivity contribution in [2.45, 2.75) is 33.6 Å². The summed E-state index contributed by atoms with van der Waals surface area (Å²) < 4.78 is 5.04. The number of nitrogens with zero attached hydrogens (tertiary/aromatic N) is 1. The Morgan fingerprint density at radius 1 is 1.30 bits per heavy atom. The van der Waals surface area contributed by atoms with Crippen LogP contribution in [0.3, 0.4) is 0 Å². The van der Waals surface area contributed by atoms with Crippen LogP contribution in [0, 0.1) is 13.8 Å². The van der Waals surface area contributed by atoms with E-state index in [4.69, 9.17) is 4.74 Å². The molecule has 7 nitrogen and oxygen atoms in total. The first kappa shape index (κ1) is 17.1. The average Bonchev–Trinajstić information content (AvgIpc) is 3.00. The van der Waals surface area contributed by atoms with Crippen molar-refractivity contribution in [1.29, 1.82) is 0 Å². The molecule has 8 heteroatoms. The van der Waals surface area contributed by atoms with E-state index in [0.29, 0.717) is 30.0 Å². The van der Waals surface area contributed by atoms with E-state index in [9.17, 15) is 19.2 Å². The summed E-state index contributed by atoms with van der Waals surface area (Å²) in [6, 6.07) is 0. The van der Waals surface area contributed by atoms with E-state index in [2.05, 4.69) is 5.32 Å². The first-order valence-corrected chi connectivity index (χ1v) is 8.00. The lowest BCUT2D eigenvalue weighted by molar-refractivity contribution is -0.143. The number of ether oxygens (including phenoxy) is 1. The monoisotopic (exact) mass is 338 g/mol. The number of likely N-dealkylation sites (tertiary alicyclic amines) is 1. The molecule has 0 bridgehead atoms. The van der Waals surface area contributed by atoms with Crippen LogP contribution in [-0.2, 0) is 19.1 Å². The van der Waals surface area contributed by atoms with Gasteiger partial charge in [0, 0.05) is 24.8 Å². The zero-order valence-corrected chi connectivity index (χ0v) is 14.0. The third kappa shape index (κ3) is 3.76. The van der Waals surface area contributed by atoms with Gasteiger partial charge in [-0.05, 0) is 25.8 Å².